The summed E-state index contributed by atoms with van der Waals surface area (Å²) >= 11 is 0. The molecule has 0 aliphatic carbocycles. The quantitative estimate of drug-likeness (QED) is 0.206. The van der Waals surface area contributed by atoms with E-state index in [0.717, 1.165) is 18.2 Å². The average molecular weight is 350 g/mol. The first-order valence-electron chi connectivity index (χ1n) is 6.08. The Morgan fingerprint density at radius 2 is 1.21 bits per heavy atom. The van der Waals surface area contributed by atoms with Crippen LogP contribution in [0.3, 0.4) is 0 Å². The lowest BCUT2D eigenvalue weighted by atomic mass is 10.2. The summed E-state index contributed by atoms with van der Waals surface area (Å²) in [4.78, 5) is 11.4. The van der Waals surface area contributed by atoms with Crippen LogP contribution in [-0.2, 0) is 4.79 Å². The highest BCUT2D eigenvalue weighted by molar-refractivity contribution is 5.88. The molecule has 0 amide bonds. The smallest absolute Gasteiger partial charge is 0.336 e. The fourth-order valence-corrected chi connectivity index (χ4v) is 1.64. The maximum absolute atomic E-state index is 13.3. The summed E-state index contributed by atoms with van der Waals surface area (Å²) in [5.74, 6) is -16.9. The van der Waals surface area contributed by atoms with Crippen LogP contribution in [0, 0.1) is 40.7 Å². The van der Waals surface area contributed by atoms with Crippen LogP contribution in [0.5, 0.6) is 5.75 Å². The summed E-state index contributed by atoms with van der Waals surface area (Å²) in [7, 11) is 0. The fourth-order valence-electron chi connectivity index (χ4n) is 1.64. The third-order valence-corrected chi connectivity index (χ3v) is 2.67. The molecular formula is C15H5F7O2. The Kier molecular flexibility index (Phi) is 4.91. The lowest BCUT2D eigenvalue weighted by molar-refractivity contribution is -0.129. The predicted octanol–water partition coefficient (Wildman–Crippen LogP) is 4.28. The molecule has 2 aromatic carbocycles. The number of hydrogen-bond acceptors (Lipinski definition) is 2. The van der Waals surface area contributed by atoms with Gasteiger partial charge in [0.05, 0.1) is 0 Å². The van der Waals surface area contributed by atoms with Gasteiger partial charge in [-0.2, -0.15) is 8.78 Å². The highest BCUT2D eigenvalue weighted by Crippen LogP contribution is 2.29. The molecule has 2 nitrogen and oxygen atoms in total. The van der Waals surface area contributed by atoms with Crippen molar-refractivity contribution in [3.63, 3.8) is 0 Å². The zero-order valence-electron chi connectivity index (χ0n) is 11.3. The molecule has 9 heteroatoms. The van der Waals surface area contributed by atoms with E-state index in [2.05, 4.69) is 4.74 Å². The maximum Gasteiger partial charge on any atom is 0.336 e. The van der Waals surface area contributed by atoms with Gasteiger partial charge in [0.25, 0.3) is 0 Å². The number of hydrogen-bond donors (Lipinski definition) is 0. The van der Waals surface area contributed by atoms with Gasteiger partial charge in [-0.05, 0) is 23.8 Å². The molecule has 0 heterocycles. The number of carbonyl (C=O) groups excluding carboxylic acids is 1. The number of rotatable bonds is 3. The second kappa shape index (κ2) is 6.73. The van der Waals surface area contributed by atoms with Gasteiger partial charge in [0, 0.05) is 12.1 Å². The SMILES string of the molecule is O=C(/C=C/c1cc(F)cc(F)c1)Oc1c(F)c(F)c(F)c(F)c1F. The maximum atomic E-state index is 13.3. The zero-order chi connectivity index (χ0) is 18.0. The van der Waals surface area contributed by atoms with Crippen LogP contribution in [0.25, 0.3) is 6.08 Å². The first kappa shape index (κ1) is 17.5. The second-order valence-electron chi connectivity index (χ2n) is 4.36. The molecule has 2 aromatic rings. The molecule has 0 aliphatic rings. The minimum atomic E-state index is -2.41. The van der Waals surface area contributed by atoms with Gasteiger partial charge in [0.15, 0.2) is 0 Å². The summed E-state index contributed by atoms with van der Waals surface area (Å²) < 4.78 is 95.2. The minimum absolute atomic E-state index is 0.137. The largest absolute Gasteiger partial charge is 0.417 e. The first-order chi connectivity index (χ1) is 11.2. The summed E-state index contributed by atoms with van der Waals surface area (Å²) in [5.41, 5.74) is -0.137. The molecule has 0 saturated carbocycles. The molecule has 0 spiro atoms. The van der Waals surface area contributed by atoms with Crippen molar-refractivity contribution in [2.75, 3.05) is 0 Å². The molecule has 0 aromatic heterocycles. The third-order valence-electron chi connectivity index (χ3n) is 2.67. The number of benzene rings is 2. The van der Waals surface area contributed by atoms with Crippen molar-refractivity contribution in [3.05, 3.63) is 70.6 Å². The second-order valence-corrected chi connectivity index (χ2v) is 4.36. The van der Waals surface area contributed by atoms with E-state index in [1.165, 1.54) is 0 Å². The molecule has 2 rings (SSSR count). The molecule has 0 N–H and O–H groups in total. The molecular weight excluding hydrogens is 345 g/mol. The topological polar surface area (TPSA) is 26.3 Å². The summed E-state index contributed by atoms with van der Waals surface area (Å²) in [5, 5.41) is 0. The van der Waals surface area contributed by atoms with E-state index in [4.69, 9.17) is 0 Å². The molecule has 0 aliphatic heterocycles. The Hall–Kier alpha value is -2.84. The molecule has 24 heavy (non-hydrogen) atoms. The van der Waals surface area contributed by atoms with Gasteiger partial charge in [-0.25, -0.2) is 26.7 Å². The van der Waals surface area contributed by atoms with Gasteiger partial charge < -0.3 is 4.74 Å². The monoisotopic (exact) mass is 350 g/mol. The highest BCUT2D eigenvalue weighted by Gasteiger charge is 2.28. The Morgan fingerprint density at radius 3 is 1.71 bits per heavy atom. The van der Waals surface area contributed by atoms with E-state index in [1.54, 1.807) is 0 Å². The molecule has 0 unspecified atom stereocenters. The third kappa shape index (κ3) is 3.55. The minimum Gasteiger partial charge on any atom is -0.417 e. The van der Waals surface area contributed by atoms with Crippen LogP contribution in [0.2, 0.25) is 0 Å². The van der Waals surface area contributed by atoms with E-state index < -0.39 is 52.4 Å². The van der Waals surface area contributed by atoms with E-state index in [1.807, 2.05) is 0 Å². The number of carbonyl (C=O) groups is 1. The van der Waals surface area contributed by atoms with Crippen molar-refractivity contribution < 1.29 is 40.3 Å². The summed E-state index contributed by atoms with van der Waals surface area (Å²) in [6, 6.07) is 2.21. The molecule has 0 atom stereocenters. The van der Waals surface area contributed by atoms with Gasteiger partial charge in [0.1, 0.15) is 11.6 Å². The van der Waals surface area contributed by atoms with Crippen LogP contribution in [0.15, 0.2) is 24.3 Å². The van der Waals surface area contributed by atoms with E-state index in [0.29, 0.717) is 12.1 Å². The van der Waals surface area contributed by atoms with Crippen LogP contribution >= 0.6 is 0 Å². The van der Waals surface area contributed by atoms with Crippen LogP contribution in [-0.4, -0.2) is 5.97 Å². The Morgan fingerprint density at radius 1 is 0.750 bits per heavy atom. The molecule has 126 valence electrons. The van der Waals surface area contributed by atoms with Gasteiger partial charge in [0.2, 0.25) is 34.8 Å². The Bertz CT molecular complexity index is 797. The molecule has 0 radical (unpaired) electrons. The standard InChI is InChI=1S/C15H5F7O2/c16-7-3-6(4-8(17)5-7)1-2-9(23)24-15-13(21)11(19)10(18)12(20)14(15)22/h1-5H/b2-1+. The Balaban J connectivity index is 2.26. The first-order valence-corrected chi connectivity index (χ1v) is 6.08. The van der Waals surface area contributed by atoms with E-state index in [9.17, 15) is 35.5 Å². The van der Waals surface area contributed by atoms with Gasteiger partial charge in [-0.3, -0.25) is 0 Å². The van der Waals surface area contributed by atoms with Crippen molar-refractivity contribution in [1.82, 2.24) is 0 Å². The van der Waals surface area contributed by atoms with Crippen molar-refractivity contribution in [1.29, 1.82) is 0 Å². The van der Waals surface area contributed by atoms with E-state index in [-0.39, 0.29) is 5.56 Å². The number of ether oxygens (including phenoxy) is 1. The lowest BCUT2D eigenvalue weighted by Gasteiger charge is -2.07. The van der Waals surface area contributed by atoms with Crippen LogP contribution in [0.4, 0.5) is 30.7 Å². The van der Waals surface area contributed by atoms with Crippen molar-refractivity contribution in [3.8, 4) is 5.75 Å². The predicted molar refractivity (Wildman–Crippen MR) is 67.3 cm³/mol. The van der Waals surface area contributed by atoms with Gasteiger partial charge in [-0.15, -0.1) is 0 Å². The molecule has 0 bridgehead atoms. The van der Waals surface area contributed by atoms with Crippen LogP contribution < -0.4 is 4.74 Å². The fraction of sp³-hybridized carbons (Fsp3) is 0. The lowest BCUT2D eigenvalue weighted by Crippen LogP contribution is -2.11. The number of esters is 1. The average Bonchev–Trinajstić information content (AvgIpc) is 2.52. The summed E-state index contributed by atoms with van der Waals surface area (Å²) in [6.45, 7) is 0. The molecule has 0 fully saturated rings. The normalized spacial score (nSPS) is 11.1. The Labute approximate surface area is 129 Å². The van der Waals surface area contributed by atoms with E-state index >= 15 is 0 Å². The van der Waals surface area contributed by atoms with Crippen LogP contribution in [0.1, 0.15) is 5.56 Å². The zero-order valence-corrected chi connectivity index (χ0v) is 11.3. The summed E-state index contributed by atoms with van der Waals surface area (Å²) in [6.07, 6.45) is 1.31. The highest BCUT2D eigenvalue weighted by atomic mass is 19.2. The van der Waals surface area contributed by atoms with Gasteiger partial charge in [-0.1, -0.05) is 0 Å². The molecule has 0 saturated heterocycles. The van der Waals surface area contributed by atoms with Gasteiger partial charge >= 0.3 is 5.97 Å². The number of halogens is 7. The van der Waals surface area contributed by atoms with Crippen molar-refractivity contribution in [2.45, 2.75) is 0 Å². The van der Waals surface area contributed by atoms with Crippen molar-refractivity contribution >= 4 is 12.0 Å². The van der Waals surface area contributed by atoms with Crippen molar-refractivity contribution in [2.24, 2.45) is 0 Å².